The van der Waals surface area contributed by atoms with Gasteiger partial charge in [-0.25, -0.2) is 0 Å². The number of ether oxygens (including phenoxy) is 1. The lowest BCUT2D eigenvalue weighted by molar-refractivity contribution is 0.0719. The van der Waals surface area contributed by atoms with E-state index in [1.807, 2.05) is 13.8 Å². The first-order valence-electron chi connectivity index (χ1n) is 5.92. The molecule has 17 heavy (non-hydrogen) atoms. The van der Waals surface area contributed by atoms with Gasteiger partial charge in [-0.1, -0.05) is 29.8 Å². The largest absolute Gasteiger partial charge is 0.379 e. The first kappa shape index (κ1) is 15.4. The van der Waals surface area contributed by atoms with Gasteiger partial charge in [0.25, 0.3) is 10.2 Å². The molecule has 0 aliphatic carbocycles. The van der Waals surface area contributed by atoms with Gasteiger partial charge in [-0.15, -0.1) is 0 Å². The zero-order valence-electron chi connectivity index (χ0n) is 10.4. The average molecular weight is 329 g/mol. The third kappa shape index (κ3) is 3.89. The van der Waals surface area contributed by atoms with Crippen molar-refractivity contribution in [3.8, 4) is 0 Å². The van der Waals surface area contributed by atoms with Crippen LogP contribution in [0.15, 0.2) is 0 Å². The summed E-state index contributed by atoms with van der Waals surface area (Å²) in [4.78, 5) is 0. The molecular weight excluding hydrogens is 308 g/mol. The standard InChI is InChI=1S/C10H21BrN2O3S/c1-3-10(4-2,9-11)12-17(14,15)13-5-7-16-8-6-13/h12H,3-9H2,1-2H3. The minimum Gasteiger partial charge on any atom is -0.379 e. The van der Waals surface area contributed by atoms with Crippen LogP contribution >= 0.6 is 15.9 Å². The monoisotopic (exact) mass is 328 g/mol. The van der Waals surface area contributed by atoms with Gasteiger partial charge in [0.05, 0.1) is 13.2 Å². The summed E-state index contributed by atoms with van der Waals surface area (Å²) >= 11 is 3.40. The van der Waals surface area contributed by atoms with Gasteiger partial charge in [0.1, 0.15) is 0 Å². The number of nitrogens with one attached hydrogen (secondary N) is 1. The second kappa shape index (κ2) is 6.47. The van der Waals surface area contributed by atoms with Crippen LogP contribution in [0.25, 0.3) is 0 Å². The van der Waals surface area contributed by atoms with Crippen molar-refractivity contribution in [2.24, 2.45) is 0 Å². The fourth-order valence-electron chi connectivity index (χ4n) is 1.74. The number of morpholine rings is 1. The summed E-state index contributed by atoms with van der Waals surface area (Å²) in [5.41, 5.74) is -0.392. The zero-order chi connectivity index (χ0) is 12.9. The number of alkyl halides is 1. The predicted octanol–water partition coefficient (Wildman–Crippen LogP) is 1.11. The molecule has 7 heteroatoms. The smallest absolute Gasteiger partial charge is 0.280 e. The van der Waals surface area contributed by atoms with Crippen molar-refractivity contribution in [1.82, 2.24) is 9.03 Å². The van der Waals surface area contributed by atoms with Crippen molar-refractivity contribution in [3.05, 3.63) is 0 Å². The van der Waals surface area contributed by atoms with Crippen LogP contribution in [-0.2, 0) is 14.9 Å². The summed E-state index contributed by atoms with van der Waals surface area (Å²) in [5.74, 6) is 0. The first-order valence-corrected chi connectivity index (χ1v) is 8.48. The molecule has 0 saturated carbocycles. The van der Waals surface area contributed by atoms with Crippen LogP contribution in [-0.4, -0.2) is 49.9 Å². The minimum absolute atomic E-state index is 0.392. The highest BCUT2D eigenvalue weighted by atomic mass is 79.9. The van der Waals surface area contributed by atoms with Crippen LogP contribution in [0.3, 0.4) is 0 Å². The van der Waals surface area contributed by atoms with Gasteiger partial charge in [0.2, 0.25) is 0 Å². The fraction of sp³-hybridized carbons (Fsp3) is 1.00. The predicted molar refractivity (Wildman–Crippen MR) is 71.6 cm³/mol. The number of nitrogens with zero attached hydrogens (tertiary/aromatic N) is 1. The molecule has 0 atom stereocenters. The molecule has 0 unspecified atom stereocenters. The Kier molecular flexibility index (Phi) is 5.85. The molecule has 1 saturated heterocycles. The van der Waals surface area contributed by atoms with E-state index < -0.39 is 15.7 Å². The van der Waals surface area contributed by atoms with Crippen LogP contribution in [0.1, 0.15) is 26.7 Å². The topological polar surface area (TPSA) is 58.6 Å². The second-order valence-corrected chi connectivity index (χ2v) is 6.47. The molecule has 1 heterocycles. The molecule has 1 N–H and O–H groups in total. The fourth-order valence-corrected chi connectivity index (χ4v) is 4.52. The van der Waals surface area contributed by atoms with Crippen molar-refractivity contribution in [3.63, 3.8) is 0 Å². The van der Waals surface area contributed by atoms with Crippen molar-refractivity contribution in [2.45, 2.75) is 32.2 Å². The van der Waals surface area contributed by atoms with Gasteiger partial charge in [0, 0.05) is 24.0 Å². The normalized spacial score (nSPS) is 19.5. The van der Waals surface area contributed by atoms with Gasteiger partial charge in [-0.05, 0) is 12.8 Å². The number of rotatable bonds is 6. The summed E-state index contributed by atoms with van der Waals surface area (Å²) in [7, 11) is -3.40. The van der Waals surface area contributed by atoms with E-state index in [0.29, 0.717) is 31.6 Å². The Hall–Kier alpha value is 0.310. The highest BCUT2D eigenvalue weighted by Crippen LogP contribution is 2.20. The quantitative estimate of drug-likeness (QED) is 0.743. The van der Waals surface area contributed by atoms with E-state index in [2.05, 4.69) is 20.7 Å². The Morgan fingerprint density at radius 1 is 1.29 bits per heavy atom. The van der Waals surface area contributed by atoms with Crippen LogP contribution in [0.5, 0.6) is 0 Å². The van der Waals surface area contributed by atoms with Crippen LogP contribution in [0.2, 0.25) is 0 Å². The molecule has 0 amide bonds. The molecule has 0 spiro atoms. The van der Waals surface area contributed by atoms with E-state index in [-0.39, 0.29) is 0 Å². The zero-order valence-corrected chi connectivity index (χ0v) is 12.8. The molecule has 0 bridgehead atoms. The SMILES string of the molecule is CCC(CC)(CBr)NS(=O)(=O)N1CCOCC1. The molecule has 0 aromatic carbocycles. The molecule has 0 aromatic heterocycles. The highest BCUT2D eigenvalue weighted by molar-refractivity contribution is 9.09. The third-order valence-electron chi connectivity index (χ3n) is 3.26. The summed E-state index contributed by atoms with van der Waals surface area (Å²) < 4.78 is 33.9. The molecule has 102 valence electrons. The van der Waals surface area contributed by atoms with Crippen LogP contribution < -0.4 is 4.72 Å². The molecule has 0 radical (unpaired) electrons. The lowest BCUT2D eigenvalue weighted by Crippen LogP contribution is -2.56. The Balaban J connectivity index is 2.76. The maximum atomic E-state index is 12.2. The molecular formula is C10H21BrN2O3S. The maximum Gasteiger partial charge on any atom is 0.280 e. The minimum atomic E-state index is -3.40. The van der Waals surface area contributed by atoms with Crippen LogP contribution in [0.4, 0.5) is 0 Å². The highest BCUT2D eigenvalue weighted by Gasteiger charge is 2.34. The first-order chi connectivity index (χ1) is 7.99. The number of hydrogen-bond donors (Lipinski definition) is 1. The van der Waals surface area contributed by atoms with E-state index in [0.717, 1.165) is 12.8 Å². The number of hydrogen-bond acceptors (Lipinski definition) is 3. The summed E-state index contributed by atoms with van der Waals surface area (Å²) in [6, 6.07) is 0. The maximum absolute atomic E-state index is 12.2. The Morgan fingerprint density at radius 2 is 1.82 bits per heavy atom. The van der Waals surface area contributed by atoms with Crippen molar-refractivity contribution in [2.75, 3.05) is 31.6 Å². The van der Waals surface area contributed by atoms with Gasteiger partial charge < -0.3 is 4.74 Å². The van der Waals surface area contributed by atoms with Gasteiger partial charge in [-0.2, -0.15) is 17.4 Å². The molecule has 1 aliphatic rings. The van der Waals surface area contributed by atoms with E-state index in [1.54, 1.807) is 0 Å². The molecule has 1 rings (SSSR count). The lowest BCUT2D eigenvalue weighted by atomic mass is 9.97. The Morgan fingerprint density at radius 3 is 2.24 bits per heavy atom. The van der Waals surface area contributed by atoms with Gasteiger partial charge in [-0.3, -0.25) is 0 Å². The summed E-state index contributed by atoms with van der Waals surface area (Å²) in [6.45, 7) is 5.79. The van der Waals surface area contributed by atoms with E-state index >= 15 is 0 Å². The summed E-state index contributed by atoms with van der Waals surface area (Å²) in [6.07, 6.45) is 1.52. The molecule has 0 aromatic rings. The Bertz CT molecular complexity index is 316. The summed E-state index contributed by atoms with van der Waals surface area (Å²) in [5, 5.41) is 0.622. The van der Waals surface area contributed by atoms with E-state index in [9.17, 15) is 8.42 Å². The van der Waals surface area contributed by atoms with E-state index in [1.165, 1.54) is 4.31 Å². The average Bonchev–Trinajstić information content (AvgIpc) is 2.37. The number of halogens is 1. The lowest BCUT2D eigenvalue weighted by Gasteiger charge is -2.34. The van der Waals surface area contributed by atoms with Crippen molar-refractivity contribution < 1.29 is 13.2 Å². The van der Waals surface area contributed by atoms with Gasteiger partial charge in [0.15, 0.2) is 0 Å². The molecule has 5 nitrogen and oxygen atoms in total. The second-order valence-electron chi connectivity index (χ2n) is 4.24. The van der Waals surface area contributed by atoms with E-state index in [4.69, 9.17) is 4.74 Å². The molecule has 1 aliphatic heterocycles. The van der Waals surface area contributed by atoms with Crippen LogP contribution in [0, 0.1) is 0 Å². The van der Waals surface area contributed by atoms with Crippen molar-refractivity contribution in [1.29, 1.82) is 0 Å². The molecule has 1 fully saturated rings. The Labute approximate surface area is 112 Å². The van der Waals surface area contributed by atoms with Crippen molar-refractivity contribution >= 4 is 26.1 Å². The van der Waals surface area contributed by atoms with Gasteiger partial charge >= 0.3 is 0 Å². The third-order valence-corrected chi connectivity index (χ3v) is 6.07.